The number of rotatable bonds is 3. The Morgan fingerprint density at radius 3 is 2.65 bits per heavy atom. The van der Waals surface area contributed by atoms with Crippen molar-refractivity contribution in [1.82, 2.24) is 4.90 Å². The van der Waals surface area contributed by atoms with Gasteiger partial charge in [0.25, 0.3) is 0 Å². The van der Waals surface area contributed by atoms with E-state index >= 15 is 0 Å². The maximum Gasteiger partial charge on any atom is 0.224 e. The maximum atomic E-state index is 12.4. The number of carbonyl (C=O) groups is 1. The van der Waals surface area contributed by atoms with Gasteiger partial charge in [-0.05, 0) is 25.3 Å². The topological polar surface area (TPSA) is 46.3 Å². The van der Waals surface area contributed by atoms with Gasteiger partial charge in [0, 0.05) is 19.0 Å². The average Bonchev–Trinajstić information content (AvgIpc) is 2.64. The van der Waals surface area contributed by atoms with Crippen molar-refractivity contribution >= 4 is 18.3 Å². The molecule has 3 nitrogen and oxygen atoms in total. The number of hydrogen-bond acceptors (Lipinski definition) is 2. The van der Waals surface area contributed by atoms with Crippen LogP contribution in [0.2, 0.25) is 0 Å². The summed E-state index contributed by atoms with van der Waals surface area (Å²) < 4.78 is 0. The highest BCUT2D eigenvalue weighted by atomic mass is 35.5. The zero-order valence-corrected chi connectivity index (χ0v) is 12.9. The van der Waals surface area contributed by atoms with E-state index in [1.54, 1.807) is 0 Å². The fraction of sp³-hybridized carbons (Fsp3) is 0.562. The third-order valence-electron chi connectivity index (χ3n) is 3.75. The van der Waals surface area contributed by atoms with Crippen molar-refractivity contribution in [2.45, 2.75) is 51.1 Å². The van der Waals surface area contributed by atoms with Gasteiger partial charge in [0.05, 0.1) is 6.04 Å². The zero-order chi connectivity index (χ0) is 13.7. The molecule has 1 heterocycles. The Morgan fingerprint density at radius 2 is 2.00 bits per heavy atom. The van der Waals surface area contributed by atoms with Crippen LogP contribution in [-0.2, 0) is 4.79 Å². The molecule has 1 aromatic rings. The molecule has 0 bridgehead atoms. The number of nitrogens with zero attached hydrogens (tertiary/aromatic N) is 1. The molecule has 20 heavy (non-hydrogen) atoms. The fourth-order valence-corrected chi connectivity index (χ4v) is 2.82. The molecule has 1 amide bonds. The summed E-state index contributed by atoms with van der Waals surface area (Å²) in [6.07, 6.45) is 5.03. The largest absolute Gasteiger partial charge is 0.336 e. The van der Waals surface area contributed by atoms with E-state index in [9.17, 15) is 4.79 Å². The Kier molecular flexibility index (Phi) is 7.03. The molecule has 2 rings (SSSR count). The Bertz CT molecular complexity index is 408. The van der Waals surface area contributed by atoms with E-state index in [0.29, 0.717) is 6.42 Å². The quantitative estimate of drug-likeness (QED) is 0.930. The van der Waals surface area contributed by atoms with E-state index in [4.69, 9.17) is 5.73 Å². The first-order valence-corrected chi connectivity index (χ1v) is 7.28. The molecule has 112 valence electrons. The monoisotopic (exact) mass is 296 g/mol. The smallest absolute Gasteiger partial charge is 0.224 e. The van der Waals surface area contributed by atoms with Crippen molar-refractivity contribution in [3.8, 4) is 0 Å². The highest BCUT2D eigenvalue weighted by molar-refractivity contribution is 5.85. The Hall–Kier alpha value is -1.06. The van der Waals surface area contributed by atoms with E-state index in [1.165, 1.54) is 18.4 Å². The maximum absolute atomic E-state index is 12.4. The van der Waals surface area contributed by atoms with Gasteiger partial charge in [0.15, 0.2) is 0 Å². The van der Waals surface area contributed by atoms with Crippen LogP contribution in [0.1, 0.15) is 50.6 Å². The van der Waals surface area contributed by atoms with Gasteiger partial charge < -0.3 is 10.6 Å². The Morgan fingerprint density at radius 1 is 1.30 bits per heavy atom. The minimum Gasteiger partial charge on any atom is -0.336 e. The summed E-state index contributed by atoms with van der Waals surface area (Å²) in [4.78, 5) is 14.4. The van der Waals surface area contributed by atoms with E-state index in [-0.39, 0.29) is 30.4 Å². The summed E-state index contributed by atoms with van der Waals surface area (Å²) in [5, 5.41) is 0. The normalized spacial score (nSPS) is 20.7. The molecule has 2 N–H and O–H groups in total. The molecular formula is C16H25ClN2O. The summed E-state index contributed by atoms with van der Waals surface area (Å²) in [5.41, 5.74) is 7.03. The van der Waals surface area contributed by atoms with Gasteiger partial charge in [0.2, 0.25) is 5.91 Å². The average molecular weight is 297 g/mol. The van der Waals surface area contributed by atoms with E-state index in [0.717, 1.165) is 19.4 Å². The first-order valence-electron chi connectivity index (χ1n) is 7.28. The number of carbonyl (C=O) groups excluding carboxylic acids is 1. The van der Waals surface area contributed by atoms with Gasteiger partial charge >= 0.3 is 0 Å². The molecule has 1 fully saturated rings. The second-order valence-electron chi connectivity index (χ2n) is 5.54. The molecule has 2 unspecified atom stereocenters. The highest BCUT2D eigenvalue weighted by Gasteiger charge is 2.26. The number of benzene rings is 1. The van der Waals surface area contributed by atoms with Gasteiger partial charge in [-0.2, -0.15) is 0 Å². The number of halogens is 1. The van der Waals surface area contributed by atoms with Crippen molar-refractivity contribution in [2.75, 3.05) is 6.54 Å². The number of likely N-dealkylation sites (tertiary alicyclic amines) is 1. The van der Waals surface area contributed by atoms with Crippen LogP contribution in [-0.4, -0.2) is 23.4 Å². The lowest BCUT2D eigenvalue weighted by Gasteiger charge is -2.31. The minimum absolute atomic E-state index is 0. The lowest BCUT2D eigenvalue weighted by molar-refractivity contribution is -0.133. The molecule has 0 spiro atoms. The van der Waals surface area contributed by atoms with Gasteiger partial charge in [0.1, 0.15) is 0 Å². The van der Waals surface area contributed by atoms with E-state index < -0.39 is 0 Å². The summed E-state index contributed by atoms with van der Waals surface area (Å²) >= 11 is 0. The van der Waals surface area contributed by atoms with Crippen LogP contribution < -0.4 is 5.73 Å². The zero-order valence-electron chi connectivity index (χ0n) is 12.1. The molecule has 1 saturated heterocycles. The second-order valence-corrected chi connectivity index (χ2v) is 5.54. The Labute approximate surface area is 127 Å². The number of nitrogens with two attached hydrogens (primary N) is 1. The van der Waals surface area contributed by atoms with Crippen molar-refractivity contribution in [1.29, 1.82) is 0 Å². The molecular weight excluding hydrogens is 272 g/mol. The lowest BCUT2D eigenvalue weighted by atomic mass is 10.0. The van der Waals surface area contributed by atoms with E-state index in [2.05, 4.69) is 24.3 Å². The van der Waals surface area contributed by atoms with Gasteiger partial charge in [-0.25, -0.2) is 0 Å². The molecule has 0 aliphatic carbocycles. The van der Waals surface area contributed by atoms with Crippen molar-refractivity contribution in [3.63, 3.8) is 0 Å². The van der Waals surface area contributed by atoms with Crippen LogP contribution >= 0.6 is 12.4 Å². The molecule has 1 aliphatic heterocycles. The summed E-state index contributed by atoms with van der Waals surface area (Å²) in [6, 6.07) is 10.5. The van der Waals surface area contributed by atoms with Gasteiger partial charge in [-0.1, -0.05) is 43.2 Å². The van der Waals surface area contributed by atoms with Crippen LogP contribution in [0.25, 0.3) is 0 Å². The predicted octanol–water partition coefficient (Wildman–Crippen LogP) is 3.29. The first kappa shape index (κ1) is 17.0. The van der Waals surface area contributed by atoms with Gasteiger partial charge in [-0.15, -0.1) is 12.4 Å². The highest BCUT2D eigenvalue weighted by Crippen LogP contribution is 2.30. The molecule has 0 saturated carbocycles. The third kappa shape index (κ3) is 4.50. The molecule has 1 aliphatic rings. The molecule has 1 aromatic carbocycles. The third-order valence-corrected chi connectivity index (χ3v) is 3.75. The SMILES string of the molecule is CC(N)CC(=O)N1CCCCCC1c1ccccc1.Cl. The first-order chi connectivity index (χ1) is 9.18. The van der Waals surface area contributed by atoms with Crippen LogP contribution in [0.15, 0.2) is 30.3 Å². The summed E-state index contributed by atoms with van der Waals surface area (Å²) in [5.74, 6) is 0.200. The fourth-order valence-electron chi connectivity index (χ4n) is 2.82. The van der Waals surface area contributed by atoms with Gasteiger partial charge in [-0.3, -0.25) is 4.79 Å². The van der Waals surface area contributed by atoms with Crippen LogP contribution in [0.3, 0.4) is 0 Å². The second kappa shape index (κ2) is 8.28. The van der Waals surface area contributed by atoms with Crippen molar-refractivity contribution in [2.24, 2.45) is 5.73 Å². The minimum atomic E-state index is -0.0628. The Balaban J connectivity index is 0.00000200. The molecule has 0 aromatic heterocycles. The lowest BCUT2D eigenvalue weighted by Crippen LogP contribution is -2.37. The number of amides is 1. The molecule has 2 atom stereocenters. The summed E-state index contributed by atoms with van der Waals surface area (Å²) in [7, 11) is 0. The van der Waals surface area contributed by atoms with Crippen molar-refractivity contribution < 1.29 is 4.79 Å². The summed E-state index contributed by atoms with van der Waals surface area (Å²) in [6.45, 7) is 2.76. The van der Waals surface area contributed by atoms with Crippen LogP contribution in [0.4, 0.5) is 0 Å². The van der Waals surface area contributed by atoms with E-state index in [1.807, 2.05) is 17.9 Å². The standard InChI is InChI=1S/C16H24N2O.ClH/c1-13(17)12-16(19)18-11-7-3-6-10-15(18)14-8-4-2-5-9-14;/h2,4-5,8-9,13,15H,3,6-7,10-12,17H2,1H3;1H. The number of hydrogen-bond donors (Lipinski definition) is 1. The molecule has 0 radical (unpaired) electrons. The molecule has 4 heteroatoms. The van der Waals surface area contributed by atoms with Crippen LogP contribution in [0.5, 0.6) is 0 Å². The van der Waals surface area contributed by atoms with Crippen LogP contribution in [0, 0.1) is 0 Å². The predicted molar refractivity (Wildman–Crippen MR) is 84.9 cm³/mol. The van der Waals surface area contributed by atoms with Crippen molar-refractivity contribution in [3.05, 3.63) is 35.9 Å².